The molecule has 2 aromatic carbocycles. The molecule has 0 atom stereocenters. The van der Waals surface area contributed by atoms with Crippen molar-refractivity contribution in [1.82, 2.24) is 9.97 Å². The molecule has 0 amide bonds. The van der Waals surface area contributed by atoms with Crippen LogP contribution >= 0.6 is 11.3 Å². The number of fused-ring (bicyclic) bond motifs is 1. The molecule has 0 unspecified atom stereocenters. The van der Waals surface area contributed by atoms with Crippen LogP contribution in [0.4, 0.5) is 11.1 Å². The van der Waals surface area contributed by atoms with E-state index in [1.807, 2.05) is 41.8 Å². The maximum absolute atomic E-state index is 12.0. The highest BCUT2D eigenvalue weighted by Crippen LogP contribution is 2.26. The summed E-state index contributed by atoms with van der Waals surface area (Å²) < 4.78 is 5.20. The number of nitrogens with zero attached hydrogens (tertiary/aromatic N) is 2. The van der Waals surface area contributed by atoms with Crippen molar-refractivity contribution in [2.75, 3.05) is 5.32 Å². The summed E-state index contributed by atoms with van der Waals surface area (Å²) in [6, 6.07) is 17.1. The molecule has 1 N–H and O–H groups in total. The Morgan fingerprint density at radius 3 is 2.61 bits per heavy atom. The minimum Gasteiger partial charge on any atom is -0.388 e. The Morgan fingerprint density at radius 1 is 0.957 bits per heavy atom. The summed E-state index contributed by atoms with van der Waals surface area (Å²) in [6.07, 6.45) is 0. The fraction of sp³-hybridized carbons (Fsp3) is 0. The summed E-state index contributed by atoms with van der Waals surface area (Å²) in [6.45, 7) is 0. The summed E-state index contributed by atoms with van der Waals surface area (Å²) in [5.74, 6) is 0. The maximum Gasteiger partial charge on any atom is 0.348 e. The maximum atomic E-state index is 12.0. The topological polar surface area (TPSA) is 68.0 Å². The van der Waals surface area contributed by atoms with E-state index in [-0.39, 0.29) is 6.01 Å². The van der Waals surface area contributed by atoms with Gasteiger partial charge in [0.25, 0.3) is 0 Å². The summed E-state index contributed by atoms with van der Waals surface area (Å²) in [5.41, 5.74) is 2.06. The molecule has 6 heteroatoms. The normalized spacial score (nSPS) is 10.8. The molecule has 0 aliphatic carbocycles. The Labute approximate surface area is 135 Å². The number of para-hydroxylation sites is 1. The monoisotopic (exact) mass is 321 g/mol. The number of hydrogen-bond acceptors (Lipinski definition) is 6. The number of thiazole rings is 1. The van der Waals surface area contributed by atoms with Crippen LogP contribution in [0, 0.1) is 0 Å². The fourth-order valence-electron chi connectivity index (χ4n) is 2.24. The second-order valence-corrected chi connectivity index (χ2v) is 5.71. The lowest BCUT2D eigenvalue weighted by molar-refractivity contribution is 0.522. The molecule has 23 heavy (non-hydrogen) atoms. The Morgan fingerprint density at radius 2 is 1.74 bits per heavy atom. The van der Waals surface area contributed by atoms with Crippen LogP contribution in [0.2, 0.25) is 0 Å². The number of aromatic nitrogens is 2. The molecule has 0 aliphatic heterocycles. The number of benzene rings is 2. The van der Waals surface area contributed by atoms with Gasteiger partial charge in [-0.25, -0.2) is 9.78 Å². The van der Waals surface area contributed by atoms with Crippen LogP contribution in [-0.2, 0) is 0 Å². The first-order chi connectivity index (χ1) is 11.3. The SMILES string of the molecule is O=c1oc(Nc2nc(-c3ccccc3)cs2)nc2ccccc12. The Hall–Kier alpha value is -2.99. The standard InChI is InChI=1S/C17H11N3O2S/c21-15-12-8-4-5-9-13(12)18-16(22-15)20-17-19-14(10-23-17)11-6-2-1-3-7-11/h1-10H,(H,18,19,20). The summed E-state index contributed by atoms with van der Waals surface area (Å²) >= 11 is 1.43. The number of rotatable bonds is 3. The average Bonchev–Trinajstić information content (AvgIpc) is 3.04. The van der Waals surface area contributed by atoms with Gasteiger partial charge in [-0.05, 0) is 12.1 Å². The Balaban J connectivity index is 1.66. The molecule has 112 valence electrons. The number of hydrogen-bond donors (Lipinski definition) is 1. The van der Waals surface area contributed by atoms with Crippen LogP contribution in [0.3, 0.4) is 0 Å². The quantitative estimate of drug-likeness (QED) is 0.616. The molecule has 4 rings (SSSR count). The van der Waals surface area contributed by atoms with Crippen LogP contribution in [-0.4, -0.2) is 9.97 Å². The molecule has 0 saturated carbocycles. The van der Waals surface area contributed by atoms with Gasteiger partial charge in [0, 0.05) is 10.9 Å². The smallest absolute Gasteiger partial charge is 0.348 e. The number of nitrogens with one attached hydrogen (secondary N) is 1. The molecule has 2 aromatic heterocycles. The molecule has 0 spiro atoms. The van der Waals surface area contributed by atoms with Crippen LogP contribution < -0.4 is 10.9 Å². The van der Waals surface area contributed by atoms with Gasteiger partial charge in [-0.1, -0.05) is 42.5 Å². The highest BCUT2D eigenvalue weighted by atomic mass is 32.1. The van der Waals surface area contributed by atoms with E-state index in [0.717, 1.165) is 11.3 Å². The second-order valence-electron chi connectivity index (χ2n) is 4.85. The van der Waals surface area contributed by atoms with Gasteiger partial charge in [-0.2, -0.15) is 4.98 Å². The van der Waals surface area contributed by atoms with Gasteiger partial charge < -0.3 is 4.42 Å². The van der Waals surface area contributed by atoms with Gasteiger partial charge in [0.1, 0.15) is 0 Å². The first kappa shape index (κ1) is 13.7. The van der Waals surface area contributed by atoms with E-state index in [4.69, 9.17) is 4.42 Å². The third-order valence-corrected chi connectivity index (χ3v) is 4.08. The van der Waals surface area contributed by atoms with Crippen LogP contribution in [0.5, 0.6) is 0 Å². The lowest BCUT2D eigenvalue weighted by Crippen LogP contribution is -2.04. The van der Waals surface area contributed by atoms with Crippen molar-refractivity contribution in [3.05, 3.63) is 70.4 Å². The lowest BCUT2D eigenvalue weighted by atomic mass is 10.2. The molecule has 2 heterocycles. The summed E-state index contributed by atoms with van der Waals surface area (Å²) in [5, 5.41) is 5.98. The lowest BCUT2D eigenvalue weighted by Gasteiger charge is -2.01. The zero-order chi connectivity index (χ0) is 15.6. The van der Waals surface area contributed by atoms with E-state index in [0.29, 0.717) is 16.0 Å². The average molecular weight is 321 g/mol. The Bertz CT molecular complexity index is 1020. The molecule has 0 radical (unpaired) electrons. The van der Waals surface area contributed by atoms with E-state index < -0.39 is 5.63 Å². The van der Waals surface area contributed by atoms with Gasteiger partial charge in [0.05, 0.1) is 16.6 Å². The van der Waals surface area contributed by atoms with Crippen molar-refractivity contribution in [3.8, 4) is 11.3 Å². The van der Waals surface area contributed by atoms with E-state index in [2.05, 4.69) is 15.3 Å². The number of anilines is 2. The van der Waals surface area contributed by atoms with Crippen molar-refractivity contribution in [3.63, 3.8) is 0 Å². The van der Waals surface area contributed by atoms with Crippen molar-refractivity contribution >= 4 is 33.4 Å². The highest BCUT2D eigenvalue weighted by Gasteiger charge is 2.09. The fourth-order valence-corrected chi connectivity index (χ4v) is 2.95. The minimum absolute atomic E-state index is 0.141. The van der Waals surface area contributed by atoms with Gasteiger partial charge >= 0.3 is 11.6 Å². The largest absolute Gasteiger partial charge is 0.388 e. The molecule has 0 saturated heterocycles. The Kier molecular flexibility index (Phi) is 3.36. The zero-order valence-electron chi connectivity index (χ0n) is 11.9. The molecule has 0 aliphatic rings. The van der Waals surface area contributed by atoms with Crippen LogP contribution in [0.1, 0.15) is 0 Å². The molecular formula is C17H11N3O2S. The molecule has 5 nitrogen and oxygen atoms in total. The van der Waals surface area contributed by atoms with E-state index in [1.54, 1.807) is 18.2 Å². The first-order valence-electron chi connectivity index (χ1n) is 6.97. The van der Waals surface area contributed by atoms with Gasteiger partial charge in [0.15, 0.2) is 5.13 Å². The highest BCUT2D eigenvalue weighted by molar-refractivity contribution is 7.14. The molecule has 4 aromatic rings. The van der Waals surface area contributed by atoms with Crippen molar-refractivity contribution < 1.29 is 4.42 Å². The van der Waals surface area contributed by atoms with Gasteiger partial charge in [-0.3, -0.25) is 5.32 Å². The predicted octanol–water partition coefficient (Wildman–Crippen LogP) is 4.06. The van der Waals surface area contributed by atoms with Crippen molar-refractivity contribution in [1.29, 1.82) is 0 Å². The van der Waals surface area contributed by atoms with Gasteiger partial charge in [-0.15, -0.1) is 11.3 Å². The van der Waals surface area contributed by atoms with Crippen molar-refractivity contribution in [2.45, 2.75) is 0 Å². The van der Waals surface area contributed by atoms with Crippen LogP contribution in [0.25, 0.3) is 22.2 Å². The molecular weight excluding hydrogens is 310 g/mol. The van der Waals surface area contributed by atoms with E-state index in [9.17, 15) is 4.79 Å². The summed E-state index contributed by atoms with van der Waals surface area (Å²) in [4.78, 5) is 20.7. The zero-order valence-corrected chi connectivity index (χ0v) is 12.7. The van der Waals surface area contributed by atoms with Crippen molar-refractivity contribution in [2.24, 2.45) is 0 Å². The summed E-state index contributed by atoms with van der Waals surface area (Å²) in [7, 11) is 0. The van der Waals surface area contributed by atoms with E-state index >= 15 is 0 Å². The molecule has 0 fully saturated rings. The predicted molar refractivity (Wildman–Crippen MR) is 91.1 cm³/mol. The molecule has 0 bridgehead atoms. The third-order valence-electron chi connectivity index (χ3n) is 3.32. The van der Waals surface area contributed by atoms with Gasteiger partial charge in [0.2, 0.25) is 0 Å². The van der Waals surface area contributed by atoms with E-state index in [1.165, 1.54) is 11.3 Å². The first-order valence-corrected chi connectivity index (χ1v) is 7.85. The third kappa shape index (κ3) is 2.72. The van der Waals surface area contributed by atoms with Crippen LogP contribution in [0.15, 0.2) is 69.2 Å². The second kappa shape index (κ2) is 5.66. The minimum atomic E-state index is -0.419.